The molecule has 0 bridgehead atoms. The van der Waals surface area contributed by atoms with Crippen molar-refractivity contribution in [3.8, 4) is 0 Å². The SMILES string of the molecule is C=CCN(c1cccc(C(F)(F)F)c1)S(=O)(=O)c1cccc(C(=O)OCc2cc(C)on2)c1. The van der Waals surface area contributed by atoms with E-state index in [9.17, 15) is 26.4 Å². The summed E-state index contributed by atoms with van der Waals surface area (Å²) in [6, 6.07) is 10.5. The highest BCUT2D eigenvalue weighted by Crippen LogP contribution is 2.33. The first-order valence-electron chi connectivity index (χ1n) is 9.52. The zero-order valence-corrected chi connectivity index (χ0v) is 18.2. The molecule has 0 aliphatic rings. The van der Waals surface area contributed by atoms with Gasteiger partial charge in [-0.3, -0.25) is 4.31 Å². The number of carbonyl (C=O) groups is 1. The maximum atomic E-state index is 13.3. The summed E-state index contributed by atoms with van der Waals surface area (Å²) in [5.41, 5.74) is -0.867. The molecule has 0 aliphatic heterocycles. The third-order valence-corrected chi connectivity index (χ3v) is 6.23. The van der Waals surface area contributed by atoms with Crippen LogP contribution >= 0.6 is 0 Å². The molecule has 0 atom stereocenters. The average molecular weight is 480 g/mol. The van der Waals surface area contributed by atoms with Crippen molar-refractivity contribution in [3.63, 3.8) is 0 Å². The first kappa shape index (κ1) is 24.1. The van der Waals surface area contributed by atoms with E-state index in [1.54, 1.807) is 13.0 Å². The molecule has 0 saturated heterocycles. The quantitative estimate of drug-likeness (QED) is 0.342. The van der Waals surface area contributed by atoms with Gasteiger partial charge in [-0.1, -0.05) is 23.4 Å². The van der Waals surface area contributed by atoms with Crippen LogP contribution in [-0.4, -0.2) is 26.1 Å². The van der Waals surface area contributed by atoms with Crippen molar-refractivity contribution in [1.29, 1.82) is 0 Å². The van der Waals surface area contributed by atoms with Crippen LogP contribution in [0.1, 0.15) is 27.4 Å². The van der Waals surface area contributed by atoms with Gasteiger partial charge in [0.2, 0.25) is 0 Å². The molecule has 33 heavy (non-hydrogen) atoms. The van der Waals surface area contributed by atoms with E-state index in [1.807, 2.05) is 0 Å². The molecule has 0 radical (unpaired) electrons. The van der Waals surface area contributed by atoms with Gasteiger partial charge in [0.05, 0.1) is 28.3 Å². The lowest BCUT2D eigenvalue weighted by molar-refractivity contribution is -0.137. The van der Waals surface area contributed by atoms with Crippen molar-refractivity contribution in [2.75, 3.05) is 10.8 Å². The molecular weight excluding hydrogens is 461 g/mol. The van der Waals surface area contributed by atoms with Gasteiger partial charge in [0.25, 0.3) is 10.0 Å². The summed E-state index contributed by atoms with van der Waals surface area (Å²) in [7, 11) is -4.34. The Kier molecular flexibility index (Phi) is 6.92. The highest BCUT2D eigenvalue weighted by Gasteiger charge is 2.32. The molecule has 1 heterocycles. The normalized spacial score (nSPS) is 11.8. The van der Waals surface area contributed by atoms with Gasteiger partial charge >= 0.3 is 12.1 Å². The van der Waals surface area contributed by atoms with Crippen LogP contribution in [0, 0.1) is 6.92 Å². The van der Waals surface area contributed by atoms with E-state index < -0.39 is 27.7 Å². The van der Waals surface area contributed by atoms with Crippen molar-refractivity contribution < 1.29 is 35.6 Å². The molecule has 3 aromatic rings. The Balaban J connectivity index is 1.90. The van der Waals surface area contributed by atoms with Gasteiger partial charge < -0.3 is 9.26 Å². The molecule has 0 amide bonds. The molecule has 2 aromatic carbocycles. The van der Waals surface area contributed by atoms with Crippen LogP contribution < -0.4 is 4.31 Å². The molecule has 11 heteroatoms. The Bertz CT molecular complexity index is 1270. The summed E-state index contributed by atoms with van der Waals surface area (Å²) in [5.74, 6) is -0.270. The number of benzene rings is 2. The summed E-state index contributed by atoms with van der Waals surface area (Å²) in [6.07, 6.45) is -3.40. The molecule has 174 valence electrons. The summed E-state index contributed by atoms with van der Waals surface area (Å²) in [6.45, 7) is 4.69. The Morgan fingerprint density at radius 1 is 1.18 bits per heavy atom. The number of rotatable bonds is 8. The van der Waals surface area contributed by atoms with E-state index in [1.165, 1.54) is 30.3 Å². The minimum atomic E-state index is -4.65. The molecular formula is C22H19F3N2O5S. The van der Waals surface area contributed by atoms with E-state index in [4.69, 9.17) is 9.26 Å². The Labute approximate surface area is 188 Å². The fraction of sp³-hybridized carbons (Fsp3) is 0.182. The van der Waals surface area contributed by atoms with Crippen LogP contribution in [0.4, 0.5) is 18.9 Å². The lowest BCUT2D eigenvalue weighted by Gasteiger charge is -2.24. The number of alkyl halides is 3. The number of hydrogen-bond donors (Lipinski definition) is 0. The second kappa shape index (κ2) is 9.49. The molecule has 0 fully saturated rings. The smallest absolute Gasteiger partial charge is 0.416 e. The molecule has 0 spiro atoms. The van der Waals surface area contributed by atoms with Gasteiger partial charge in [-0.25, -0.2) is 13.2 Å². The minimum Gasteiger partial charge on any atom is -0.455 e. The molecule has 0 saturated carbocycles. The third-order valence-electron chi connectivity index (χ3n) is 4.44. The minimum absolute atomic E-state index is 0.0566. The lowest BCUT2D eigenvalue weighted by Crippen LogP contribution is -2.31. The Morgan fingerprint density at radius 3 is 2.55 bits per heavy atom. The van der Waals surface area contributed by atoms with Crippen molar-refractivity contribution in [2.45, 2.75) is 24.6 Å². The van der Waals surface area contributed by atoms with Crippen LogP contribution in [0.25, 0.3) is 0 Å². The van der Waals surface area contributed by atoms with Crippen LogP contribution in [0.3, 0.4) is 0 Å². The van der Waals surface area contributed by atoms with E-state index in [2.05, 4.69) is 11.7 Å². The highest BCUT2D eigenvalue weighted by atomic mass is 32.2. The Morgan fingerprint density at radius 2 is 1.91 bits per heavy atom. The zero-order chi connectivity index (χ0) is 24.2. The number of aryl methyl sites for hydroxylation is 1. The number of ether oxygens (including phenoxy) is 1. The molecule has 0 unspecified atom stereocenters. The molecule has 1 aromatic heterocycles. The van der Waals surface area contributed by atoms with Crippen LogP contribution in [-0.2, 0) is 27.5 Å². The second-order valence-electron chi connectivity index (χ2n) is 6.91. The number of nitrogens with zero attached hydrogens (tertiary/aromatic N) is 2. The first-order valence-corrected chi connectivity index (χ1v) is 11.0. The highest BCUT2D eigenvalue weighted by molar-refractivity contribution is 7.92. The topological polar surface area (TPSA) is 89.7 Å². The fourth-order valence-corrected chi connectivity index (χ4v) is 4.39. The van der Waals surface area contributed by atoms with Crippen LogP contribution in [0.2, 0.25) is 0 Å². The molecule has 3 rings (SSSR count). The standard InChI is InChI=1S/C22H19F3N2O5S/c1-3-10-27(19-8-5-7-17(13-19)22(23,24)25)33(29,30)20-9-4-6-16(12-20)21(28)31-14-18-11-15(2)32-26-18/h3-9,11-13H,1,10,14H2,2H3. The predicted octanol–water partition coefficient (Wildman–Crippen LogP) is 4.74. The number of carbonyl (C=O) groups excluding carboxylic acids is 1. The number of halogens is 3. The number of anilines is 1. The predicted molar refractivity (Wildman–Crippen MR) is 113 cm³/mol. The lowest BCUT2D eigenvalue weighted by atomic mass is 10.2. The summed E-state index contributed by atoms with van der Waals surface area (Å²) >= 11 is 0. The van der Waals surface area contributed by atoms with Gasteiger partial charge in [-0.2, -0.15) is 13.2 Å². The van der Waals surface area contributed by atoms with Crippen molar-refractivity contribution in [2.24, 2.45) is 0 Å². The van der Waals surface area contributed by atoms with Gasteiger partial charge in [0.15, 0.2) is 0 Å². The number of aromatic nitrogens is 1. The van der Waals surface area contributed by atoms with Gasteiger partial charge in [-0.15, -0.1) is 6.58 Å². The Hall–Kier alpha value is -3.60. The molecule has 0 aliphatic carbocycles. The van der Waals surface area contributed by atoms with Crippen LogP contribution in [0.5, 0.6) is 0 Å². The maximum absolute atomic E-state index is 13.3. The zero-order valence-electron chi connectivity index (χ0n) is 17.4. The summed E-state index contributed by atoms with van der Waals surface area (Å²) in [5, 5.41) is 3.70. The number of esters is 1. The number of hydrogen-bond acceptors (Lipinski definition) is 6. The van der Waals surface area contributed by atoms with E-state index in [0.717, 1.165) is 28.6 Å². The van der Waals surface area contributed by atoms with E-state index >= 15 is 0 Å². The average Bonchev–Trinajstić information content (AvgIpc) is 3.20. The van der Waals surface area contributed by atoms with Gasteiger partial charge in [0, 0.05) is 6.07 Å². The van der Waals surface area contributed by atoms with Gasteiger partial charge in [-0.05, 0) is 43.3 Å². The van der Waals surface area contributed by atoms with Crippen molar-refractivity contribution >= 4 is 21.7 Å². The number of sulfonamides is 1. The summed E-state index contributed by atoms with van der Waals surface area (Å²) < 4.78 is 76.7. The van der Waals surface area contributed by atoms with Crippen molar-refractivity contribution in [3.05, 3.63) is 89.8 Å². The maximum Gasteiger partial charge on any atom is 0.416 e. The molecule has 7 nitrogen and oxygen atoms in total. The third kappa shape index (κ3) is 5.61. The van der Waals surface area contributed by atoms with Crippen LogP contribution in [0.15, 0.2) is 76.7 Å². The van der Waals surface area contributed by atoms with E-state index in [0.29, 0.717) is 11.5 Å². The van der Waals surface area contributed by atoms with E-state index in [-0.39, 0.29) is 29.3 Å². The fourth-order valence-electron chi connectivity index (χ4n) is 2.92. The first-order chi connectivity index (χ1) is 15.5. The van der Waals surface area contributed by atoms with Crippen molar-refractivity contribution in [1.82, 2.24) is 5.16 Å². The molecule has 0 N–H and O–H groups in total. The largest absolute Gasteiger partial charge is 0.455 e. The second-order valence-corrected chi connectivity index (χ2v) is 8.77. The summed E-state index contributed by atoms with van der Waals surface area (Å²) in [4.78, 5) is 12.1. The van der Waals surface area contributed by atoms with Gasteiger partial charge in [0.1, 0.15) is 18.1 Å². The monoisotopic (exact) mass is 480 g/mol.